The fraction of sp³-hybridized carbons (Fsp3) is 0.400. The van der Waals surface area contributed by atoms with Crippen molar-refractivity contribution < 1.29 is 32.3 Å². The van der Waals surface area contributed by atoms with Gasteiger partial charge >= 0.3 is 12.1 Å². The molecule has 4 amide bonds. The fourth-order valence-corrected chi connectivity index (χ4v) is 4.95. The highest BCUT2D eigenvalue weighted by molar-refractivity contribution is 7.94. The molecule has 2 aliphatic rings. The summed E-state index contributed by atoms with van der Waals surface area (Å²) in [5, 5.41) is 7.31. The van der Waals surface area contributed by atoms with Crippen molar-refractivity contribution in [1.82, 2.24) is 4.90 Å². The lowest BCUT2D eigenvalue weighted by Gasteiger charge is -2.24. The van der Waals surface area contributed by atoms with E-state index in [9.17, 15) is 32.3 Å². The molecule has 0 bridgehead atoms. The highest BCUT2D eigenvalue weighted by atomic mass is 35.5. The number of carbonyl (C=O) groups is 3. The third-order valence-electron chi connectivity index (χ3n) is 4.62. The van der Waals surface area contributed by atoms with Crippen LogP contribution in [0.5, 0.6) is 0 Å². The van der Waals surface area contributed by atoms with E-state index in [4.69, 9.17) is 34.8 Å². The molecule has 2 aliphatic heterocycles. The average Bonchev–Trinajstić information content (AvgIpc) is 3.13. The molecule has 1 aromatic carbocycles. The molecule has 0 aromatic heterocycles. The first-order valence-electron chi connectivity index (χ1n) is 8.01. The molecule has 0 aliphatic carbocycles. The van der Waals surface area contributed by atoms with Gasteiger partial charge in [0.2, 0.25) is 0 Å². The number of alkyl halides is 2. The molecule has 2 fully saturated rings. The van der Waals surface area contributed by atoms with Crippen molar-refractivity contribution in [2.24, 2.45) is 0 Å². The molecule has 2 saturated heterocycles. The molecule has 0 radical (unpaired) electrons. The number of imide groups is 1. The standard InChI is InChI=1S/C15H13Cl3FN3O6S/c1-6-11(18)8(22(15(25)26)29(27,28)5-16)3-9(12(6)19)21-13(23)10-2-7(17)4-20(10)14(21)24/h3,7,10H,2,4-5H2,1H3,(H,25,26)/t7-,10-/m0/s1. The van der Waals surface area contributed by atoms with Gasteiger partial charge in [0.25, 0.3) is 15.9 Å². The number of urea groups is 1. The van der Waals surface area contributed by atoms with Crippen molar-refractivity contribution in [3.05, 3.63) is 22.5 Å². The number of carboxylic acid groups (broad SMARTS) is 1. The monoisotopic (exact) mass is 487 g/mol. The van der Waals surface area contributed by atoms with E-state index < -0.39 is 66.9 Å². The molecule has 2 atom stereocenters. The van der Waals surface area contributed by atoms with E-state index in [1.165, 1.54) is 4.90 Å². The highest BCUT2D eigenvalue weighted by Gasteiger charge is 2.51. The zero-order chi connectivity index (χ0) is 21.8. The van der Waals surface area contributed by atoms with Gasteiger partial charge in [-0.25, -0.2) is 27.3 Å². The lowest BCUT2D eigenvalue weighted by atomic mass is 10.1. The second-order valence-electron chi connectivity index (χ2n) is 6.39. The van der Waals surface area contributed by atoms with Crippen molar-refractivity contribution in [3.8, 4) is 0 Å². The number of hydrogen-bond donors (Lipinski definition) is 1. The molecule has 0 unspecified atom stereocenters. The van der Waals surface area contributed by atoms with Gasteiger partial charge in [0.15, 0.2) is 5.82 Å². The molecular weight excluding hydrogens is 476 g/mol. The van der Waals surface area contributed by atoms with Gasteiger partial charge < -0.3 is 10.0 Å². The number of rotatable bonds is 4. The van der Waals surface area contributed by atoms with Crippen LogP contribution in [0.25, 0.3) is 0 Å². The zero-order valence-corrected chi connectivity index (χ0v) is 17.7. The number of anilines is 2. The van der Waals surface area contributed by atoms with Gasteiger partial charge in [-0.15, -0.1) is 23.2 Å². The summed E-state index contributed by atoms with van der Waals surface area (Å²) in [6.45, 7) is 1.23. The first kappa shape index (κ1) is 21.9. The Bertz CT molecular complexity index is 1010. The Morgan fingerprint density at radius 2 is 2.03 bits per heavy atom. The van der Waals surface area contributed by atoms with E-state index in [1.54, 1.807) is 0 Å². The summed E-state index contributed by atoms with van der Waals surface area (Å²) in [5.74, 6) is -1.83. The Morgan fingerprint density at radius 1 is 1.41 bits per heavy atom. The minimum absolute atomic E-state index is 0.0796. The van der Waals surface area contributed by atoms with Gasteiger partial charge in [-0.05, 0) is 19.4 Å². The molecule has 0 saturated carbocycles. The van der Waals surface area contributed by atoms with Crippen molar-refractivity contribution >= 4 is 74.2 Å². The topological polar surface area (TPSA) is 115 Å². The number of halogens is 4. The maximum absolute atomic E-state index is 14.9. The maximum Gasteiger partial charge on any atom is 0.425 e. The Kier molecular flexibility index (Phi) is 5.63. The molecule has 9 nitrogen and oxygen atoms in total. The van der Waals surface area contributed by atoms with E-state index >= 15 is 0 Å². The first-order valence-corrected chi connectivity index (χ1v) is 11.0. The van der Waals surface area contributed by atoms with E-state index in [-0.39, 0.29) is 22.8 Å². The van der Waals surface area contributed by atoms with Crippen LogP contribution in [-0.2, 0) is 14.8 Å². The van der Waals surface area contributed by atoms with Crippen molar-refractivity contribution in [2.45, 2.75) is 24.8 Å². The minimum atomic E-state index is -4.58. The van der Waals surface area contributed by atoms with E-state index in [0.29, 0.717) is 4.90 Å². The Morgan fingerprint density at radius 3 is 2.55 bits per heavy atom. The van der Waals surface area contributed by atoms with E-state index in [1.807, 2.05) is 0 Å². The average molecular weight is 489 g/mol. The van der Waals surface area contributed by atoms with Gasteiger partial charge in [-0.3, -0.25) is 4.79 Å². The SMILES string of the molecule is Cc1c(F)c(N2C(=O)[C@@H]3C[C@H](Cl)CN3C2=O)cc(N(C(=O)O)S(=O)(=O)CCl)c1Cl. The lowest BCUT2D eigenvalue weighted by molar-refractivity contribution is -0.119. The number of hydrogen-bond acceptors (Lipinski definition) is 5. The van der Waals surface area contributed by atoms with Crippen LogP contribution in [0.4, 0.5) is 25.4 Å². The van der Waals surface area contributed by atoms with Crippen LogP contribution in [0.3, 0.4) is 0 Å². The molecule has 29 heavy (non-hydrogen) atoms. The summed E-state index contributed by atoms with van der Waals surface area (Å²) < 4.78 is 39.1. The maximum atomic E-state index is 14.9. The van der Waals surface area contributed by atoms with Crippen LogP contribution in [-0.4, -0.2) is 59.6 Å². The molecule has 3 rings (SSSR count). The molecule has 14 heteroatoms. The van der Waals surface area contributed by atoms with E-state index in [0.717, 1.165) is 13.0 Å². The highest BCUT2D eigenvalue weighted by Crippen LogP contribution is 2.41. The molecular formula is C15H13Cl3FN3O6S. The number of sulfonamides is 1. The van der Waals surface area contributed by atoms with Crippen molar-refractivity contribution in [3.63, 3.8) is 0 Å². The van der Waals surface area contributed by atoms with Crippen LogP contribution in [0.1, 0.15) is 12.0 Å². The fourth-order valence-electron chi connectivity index (χ4n) is 3.29. The summed E-state index contributed by atoms with van der Waals surface area (Å²) in [7, 11) is -4.58. The summed E-state index contributed by atoms with van der Waals surface area (Å²) in [5.41, 5.74) is -1.62. The third kappa shape index (κ3) is 3.39. The molecule has 1 N–H and O–H groups in total. The Hall–Kier alpha value is -1.82. The minimum Gasteiger partial charge on any atom is -0.464 e. The zero-order valence-electron chi connectivity index (χ0n) is 14.6. The number of nitrogens with zero attached hydrogens (tertiary/aromatic N) is 3. The van der Waals surface area contributed by atoms with Crippen molar-refractivity contribution in [1.29, 1.82) is 0 Å². The molecule has 0 spiro atoms. The second kappa shape index (κ2) is 7.46. The second-order valence-corrected chi connectivity index (χ2v) is 9.79. The van der Waals surface area contributed by atoms with E-state index in [2.05, 4.69) is 0 Å². The summed E-state index contributed by atoms with van der Waals surface area (Å²) in [6, 6.07) is -1.01. The normalized spacial score (nSPS) is 21.7. The Balaban J connectivity index is 2.19. The van der Waals surface area contributed by atoms with Crippen LogP contribution >= 0.6 is 34.8 Å². The van der Waals surface area contributed by atoms with Gasteiger partial charge in [-0.1, -0.05) is 11.6 Å². The summed E-state index contributed by atoms with van der Waals surface area (Å²) in [6.07, 6.45) is -1.78. The van der Waals surface area contributed by atoms with Crippen molar-refractivity contribution in [2.75, 3.05) is 21.0 Å². The van der Waals surface area contributed by atoms with Gasteiger partial charge in [-0.2, -0.15) is 4.31 Å². The quantitative estimate of drug-likeness (QED) is 0.515. The largest absolute Gasteiger partial charge is 0.464 e. The summed E-state index contributed by atoms with van der Waals surface area (Å²) >= 11 is 17.3. The van der Waals surface area contributed by atoms with Crippen LogP contribution in [0, 0.1) is 12.7 Å². The van der Waals surface area contributed by atoms with Crippen LogP contribution < -0.4 is 9.21 Å². The number of benzene rings is 1. The van der Waals surface area contributed by atoms with Crippen LogP contribution in [0.2, 0.25) is 5.02 Å². The smallest absolute Gasteiger partial charge is 0.425 e. The number of carbonyl (C=O) groups excluding carboxylic acids is 2. The number of fused-ring (bicyclic) bond motifs is 1. The third-order valence-corrected chi connectivity index (χ3v) is 7.43. The summed E-state index contributed by atoms with van der Waals surface area (Å²) in [4.78, 5) is 38.6. The predicted octanol–water partition coefficient (Wildman–Crippen LogP) is 2.95. The number of amides is 4. The van der Waals surface area contributed by atoms with Crippen LogP contribution in [0.15, 0.2) is 6.07 Å². The Labute approximate surface area is 179 Å². The lowest BCUT2D eigenvalue weighted by Crippen LogP contribution is -2.38. The van der Waals surface area contributed by atoms with Gasteiger partial charge in [0.1, 0.15) is 11.3 Å². The molecule has 1 aromatic rings. The van der Waals surface area contributed by atoms with Gasteiger partial charge in [0.05, 0.1) is 21.8 Å². The predicted molar refractivity (Wildman–Crippen MR) is 104 cm³/mol. The first-order chi connectivity index (χ1) is 13.4. The van der Waals surface area contributed by atoms with Gasteiger partial charge in [0, 0.05) is 12.1 Å². The molecule has 2 heterocycles. The molecule has 158 valence electrons.